The van der Waals surface area contributed by atoms with Crippen LogP contribution in [0.25, 0.3) is 0 Å². The Bertz CT molecular complexity index is 579. The van der Waals surface area contributed by atoms with Crippen molar-refractivity contribution in [2.24, 2.45) is 0 Å². The Labute approximate surface area is 121 Å². The van der Waals surface area contributed by atoms with Crippen LogP contribution in [0.1, 0.15) is 35.2 Å². The van der Waals surface area contributed by atoms with Crippen LogP contribution in [-0.2, 0) is 18.0 Å². The van der Waals surface area contributed by atoms with Gasteiger partial charge in [0.1, 0.15) is 0 Å². The summed E-state index contributed by atoms with van der Waals surface area (Å²) in [5, 5.41) is 3.50. The van der Waals surface area contributed by atoms with Gasteiger partial charge >= 0.3 is 0 Å². The fourth-order valence-electron chi connectivity index (χ4n) is 2.49. The van der Waals surface area contributed by atoms with Crippen molar-refractivity contribution >= 4 is 15.9 Å². The summed E-state index contributed by atoms with van der Waals surface area (Å²) in [5.41, 5.74) is 4.96. The highest BCUT2D eigenvalue weighted by Gasteiger charge is 2.20. The lowest BCUT2D eigenvalue weighted by Crippen LogP contribution is -2.22. The fourth-order valence-corrected chi connectivity index (χ4v) is 2.96. The Morgan fingerprint density at radius 2 is 2.11 bits per heavy atom. The lowest BCUT2D eigenvalue weighted by atomic mass is 9.97. The number of hydrogen-bond acceptors (Lipinski definition) is 3. The van der Waals surface area contributed by atoms with Gasteiger partial charge in [-0.1, -0.05) is 25.1 Å². The minimum Gasteiger partial charge on any atom is -0.457 e. The highest BCUT2D eigenvalue weighted by Crippen LogP contribution is 2.31. The van der Waals surface area contributed by atoms with Crippen molar-refractivity contribution < 1.29 is 9.15 Å². The average molecular weight is 322 g/mol. The van der Waals surface area contributed by atoms with Crippen LogP contribution in [-0.4, -0.2) is 6.54 Å². The molecule has 0 spiro atoms. The predicted molar refractivity (Wildman–Crippen MR) is 76.9 cm³/mol. The molecule has 0 saturated carbocycles. The van der Waals surface area contributed by atoms with E-state index in [0.717, 1.165) is 23.4 Å². The van der Waals surface area contributed by atoms with Gasteiger partial charge in [0.2, 0.25) is 0 Å². The molecule has 0 aliphatic carbocycles. The first-order valence-corrected chi connectivity index (χ1v) is 7.24. The summed E-state index contributed by atoms with van der Waals surface area (Å²) in [6.07, 6.45) is 1.71. The smallest absolute Gasteiger partial charge is 0.174 e. The molecule has 0 radical (unpaired) electrons. The summed E-state index contributed by atoms with van der Waals surface area (Å²) in [6.45, 7) is 4.46. The summed E-state index contributed by atoms with van der Waals surface area (Å²) >= 11 is 3.47. The van der Waals surface area contributed by atoms with E-state index in [-0.39, 0.29) is 6.04 Å². The zero-order valence-electron chi connectivity index (χ0n) is 10.8. The number of hydrogen-bond donors (Lipinski definition) is 1. The van der Waals surface area contributed by atoms with Gasteiger partial charge in [-0.2, -0.15) is 0 Å². The number of benzene rings is 1. The van der Waals surface area contributed by atoms with Gasteiger partial charge in [-0.3, -0.25) is 0 Å². The Kier molecular flexibility index (Phi) is 3.73. The number of rotatable bonds is 4. The first-order valence-electron chi connectivity index (χ1n) is 6.45. The van der Waals surface area contributed by atoms with E-state index in [0.29, 0.717) is 6.61 Å². The van der Waals surface area contributed by atoms with E-state index >= 15 is 0 Å². The molecule has 1 N–H and O–H groups in total. The Balaban J connectivity index is 1.98. The Hall–Kier alpha value is -1.10. The minimum atomic E-state index is 0.143. The molecule has 0 bridgehead atoms. The number of nitrogens with one attached hydrogen (secondary N) is 1. The molecule has 0 saturated heterocycles. The summed E-state index contributed by atoms with van der Waals surface area (Å²) < 4.78 is 11.6. The molecule has 3 nitrogen and oxygen atoms in total. The van der Waals surface area contributed by atoms with E-state index in [4.69, 9.17) is 9.15 Å². The predicted octanol–water partition coefficient (Wildman–Crippen LogP) is 3.77. The van der Waals surface area contributed by atoms with Crippen LogP contribution in [0.5, 0.6) is 0 Å². The topological polar surface area (TPSA) is 34.4 Å². The van der Waals surface area contributed by atoms with Gasteiger partial charge in [-0.25, -0.2) is 0 Å². The maximum Gasteiger partial charge on any atom is 0.174 e. The molecule has 1 atom stereocenters. The van der Waals surface area contributed by atoms with Crippen molar-refractivity contribution in [1.29, 1.82) is 0 Å². The summed E-state index contributed by atoms with van der Waals surface area (Å²) in [7, 11) is 0. The third-order valence-electron chi connectivity index (χ3n) is 3.44. The van der Waals surface area contributed by atoms with Gasteiger partial charge in [0.15, 0.2) is 4.67 Å². The monoisotopic (exact) mass is 321 g/mol. The number of halogens is 1. The minimum absolute atomic E-state index is 0.143. The molecule has 2 aromatic rings. The zero-order valence-corrected chi connectivity index (χ0v) is 12.4. The lowest BCUT2D eigenvalue weighted by molar-refractivity contribution is 0.134. The number of fused-ring (bicyclic) bond motifs is 1. The molecular formula is C15H16BrNO2. The van der Waals surface area contributed by atoms with Crippen LogP contribution in [0.15, 0.2) is 39.6 Å². The molecule has 1 aliphatic rings. The van der Waals surface area contributed by atoms with E-state index < -0.39 is 0 Å². The van der Waals surface area contributed by atoms with E-state index in [1.54, 1.807) is 6.26 Å². The van der Waals surface area contributed by atoms with Crippen molar-refractivity contribution in [3.8, 4) is 0 Å². The molecule has 4 heteroatoms. The van der Waals surface area contributed by atoms with Crippen molar-refractivity contribution in [2.45, 2.75) is 26.2 Å². The maximum atomic E-state index is 5.48. The molecule has 1 unspecified atom stereocenters. The molecule has 1 aromatic carbocycles. The molecule has 19 heavy (non-hydrogen) atoms. The SMILES string of the molecule is CCNC(c1ccc2c(c1)COC2)c1ccoc1Br. The van der Waals surface area contributed by atoms with Crippen LogP contribution >= 0.6 is 15.9 Å². The molecular weight excluding hydrogens is 306 g/mol. The second-order valence-electron chi connectivity index (χ2n) is 4.66. The molecule has 2 heterocycles. The highest BCUT2D eigenvalue weighted by molar-refractivity contribution is 9.10. The third-order valence-corrected chi connectivity index (χ3v) is 4.09. The molecule has 100 valence electrons. The quantitative estimate of drug-likeness (QED) is 0.930. The molecule has 0 fully saturated rings. The van der Waals surface area contributed by atoms with Crippen LogP contribution in [0.4, 0.5) is 0 Å². The number of furan rings is 1. The van der Waals surface area contributed by atoms with Gasteiger partial charge in [0.05, 0.1) is 25.5 Å². The van der Waals surface area contributed by atoms with Crippen molar-refractivity contribution in [2.75, 3.05) is 6.54 Å². The van der Waals surface area contributed by atoms with Crippen molar-refractivity contribution in [3.63, 3.8) is 0 Å². The van der Waals surface area contributed by atoms with E-state index in [1.165, 1.54) is 16.7 Å². The van der Waals surface area contributed by atoms with Gasteiger partial charge in [-0.05, 0) is 45.2 Å². The van der Waals surface area contributed by atoms with Gasteiger partial charge < -0.3 is 14.5 Å². The van der Waals surface area contributed by atoms with Crippen LogP contribution < -0.4 is 5.32 Å². The van der Waals surface area contributed by atoms with E-state index in [1.807, 2.05) is 6.07 Å². The van der Waals surface area contributed by atoms with Crippen LogP contribution in [0.3, 0.4) is 0 Å². The third kappa shape index (κ3) is 2.48. The molecule has 1 aliphatic heterocycles. The van der Waals surface area contributed by atoms with Gasteiger partial charge in [0.25, 0.3) is 0 Å². The van der Waals surface area contributed by atoms with Crippen LogP contribution in [0.2, 0.25) is 0 Å². The first-order chi connectivity index (χ1) is 9.29. The lowest BCUT2D eigenvalue weighted by Gasteiger charge is -2.18. The standard InChI is InChI=1S/C15H16BrNO2/c1-2-17-14(13-5-6-19-15(13)16)10-3-4-11-8-18-9-12(11)7-10/h3-7,14,17H,2,8-9H2,1H3. The van der Waals surface area contributed by atoms with Gasteiger partial charge in [-0.15, -0.1) is 0 Å². The first kappa shape index (κ1) is 12.9. The van der Waals surface area contributed by atoms with E-state index in [9.17, 15) is 0 Å². The normalized spacial score (nSPS) is 15.5. The second kappa shape index (κ2) is 5.49. The molecule has 1 aromatic heterocycles. The molecule has 3 rings (SSSR count). The van der Waals surface area contributed by atoms with Crippen molar-refractivity contribution in [3.05, 3.63) is 57.5 Å². The summed E-state index contributed by atoms with van der Waals surface area (Å²) in [4.78, 5) is 0. The van der Waals surface area contributed by atoms with Gasteiger partial charge in [0, 0.05) is 5.56 Å². The second-order valence-corrected chi connectivity index (χ2v) is 5.38. The summed E-state index contributed by atoms with van der Waals surface area (Å²) in [6, 6.07) is 8.70. The van der Waals surface area contributed by atoms with Crippen LogP contribution in [0, 0.1) is 0 Å². The number of ether oxygens (including phenoxy) is 1. The zero-order chi connectivity index (χ0) is 13.2. The average Bonchev–Trinajstić information content (AvgIpc) is 3.03. The van der Waals surface area contributed by atoms with Crippen molar-refractivity contribution in [1.82, 2.24) is 5.32 Å². The largest absolute Gasteiger partial charge is 0.457 e. The Morgan fingerprint density at radius 3 is 2.84 bits per heavy atom. The summed E-state index contributed by atoms with van der Waals surface area (Å²) in [5.74, 6) is 0. The fraction of sp³-hybridized carbons (Fsp3) is 0.333. The van der Waals surface area contributed by atoms with E-state index in [2.05, 4.69) is 46.4 Å². The maximum absolute atomic E-state index is 5.48. The highest BCUT2D eigenvalue weighted by atomic mass is 79.9. The Morgan fingerprint density at radius 1 is 1.26 bits per heavy atom. The molecule has 0 amide bonds.